The Morgan fingerprint density at radius 2 is 1.87 bits per heavy atom. The van der Waals surface area contributed by atoms with Crippen molar-refractivity contribution >= 4 is 5.91 Å². The van der Waals surface area contributed by atoms with Crippen molar-refractivity contribution < 1.29 is 9.32 Å². The zero-order valence-electron chi connectivity index (χ0n) is 17.8. The summed E-state index contributed by atoms with van der Waals surface area (Å²) < 4.78 is 5.61. The molecule has 1 aromatic heterocycles. The number of hydrogen-bond donors (Lipinski definition) is 1. The molecule has 2 aromatic carbocycles. The number of benzene rings is 2. The van der Waals surface area contributed by atoms with Crippen molar-refractivity contribution in [1.82, 2.24) is 15.4 Å². The highest BCUT2D eigenvalue weighted by atomic mass is 16.5. The topological polar surface area (TPSA) is 58.4 Å². The Balaban J connectivity index is 1.55. The van der Waals surface area contributed by atoms with E-state index in [0.717, 1.165) is 35.5 Å². The molecule has 2 heterocycles. The molecular weight excluding hydrogens is 374 g/mol. The first-order valence-corrected chi connectivity index (χ1v) is 10.6. The van der Waals surface area contributed by atoms with Crippen molar-refractivity contribution in [3.8, 4) is 11.3 Å². The molecule has 1 amide bonds. The van der Waals surface area contributed by atoms with E-state index in [0.29, 0.717) is 12.5 Å². The minimum atomic E-state index is -0.163. The van der Waals surface area contributed by atoms with E-state index in [4.69, 9.17) is 4.52 Å². The molecule has 5 nitrogen and oxygen atoms in total. The largest absolute Gasteiger partial charge is 0.356 e. The molecule has 5 heteroatoms. The Morgan fingerprint density at radius 1 is 1.13 bits per heavy atom. The van der Waals surface area contributed by atoms with Gasteiger partial charge in [-0.25, -0.2) is 0 Å². The Bertz CT molecular complexity index is 979. The first kappa shape index (κ1) is 20.4. The standard InChI is InChI=1S/C25H29N3O2/c1-17(2)13-23-25(29)26-22(19-7-5-4-6-8-19)16-28(23)15-21-14-24(30-27-21)20-11-9-18(3)10-12-20/h4-12,14,17,22-23H,13,15-16H2,1-3H3,(H,26,29). The normalized spacial score (nSPS) is 19.8. The van der Waals surface area contributed by atoms with Gasteiger partial charge in [-0.2, -0.15) is 0 Å². The molecule has 0 bridgehead atoms. The van der Waals surface area contributed by atoms with Crippen LogP contribution in [0.25, 0.3) is 11.3 Å². The van der Waals surface area contributed by atoms with Gasteiger partial charge >= 0.3 is 0 Å². The highest BCUT2D eigenvalue weighted by Crippen LogP contribution is 2.27. The second kappa shape index (κ2) is 8.84. The summed E-state index contributed by atoms with van der Waals surface area (Å²) in [4.78, 5) is 15.2. The van der Waals surface area contributed by atoms with Gasteiger partial charge in [-0.3, -0.25) is 9.69 Å². The fourth-order valence-corrected chi connectivity index (χ4v) is 4.04. The van der Waals surface area contributed by atoms with E-state index in [1.807, 2.05) is 36.4 Å². The molecule has 3 aromatic rings. The number of nitrogens with one attached hydrogen (secondary N) is 1. The van der Waals surface area contributed by atoms with E-state index in [1.165, 1.54) is 5.56 Å². The number of aromatic nitrogens is 1. The Hall–Kier alpha value is -2.92. The van der Waals surface area contributed by atoms with Crippen molar-refractivity contribution in [2.75, 3.05) is 6.54 Å². The molecule has 1 fully saturated rings. The zero-order chi connectivity index (χ0) is 21.1. The Morgan fingerprint density at radius 3 is 2.57 bits per heavy atom. The Labute approximate surface area is 178 Å². The summed E-state index contributed by atoms with van der Waals surface area (Å²) in [5, 5.41) is 7.51. The van der Waals surface area contributed by atoms with Crippen LogP contribution in [0.1, 0.15) is 43.1 Å². The molecule has 1 aliphatic rings. The van der Waals surface area contributed by atoms with E-state index in [1.54, 1.807) is 0 Å². The van der Waals surface area contributed by atoms with Crippen LogP contribution in [0.5, 0.6) is 0 Å². The van der Waals surface area contributed by atoms with Crippen LogP contribution in [0.3, 0.4) is 0 Å². The summed E-state index contributed by atoms with van der Waals surface area (Å²) in [6.45, 7) is 7.71. The SMILES string of the molecule is Cc1ccc(-c2cc(CN3CC(c4ccccc4)NC(=O)C3CC(C)C)no2)cc1. The molecule has 0 saturated carbocycles. The zero-order valence-corrected chi connectivity index (χ0v) is 17.8. The molecule has 0 spiro atoms. The van der Waals surface area contributed by atoms with Crippen molar-refractivity contribution in [2.24, 2.45) is 5.92 Å². The van der Waals surface area contributed by atoms with E-state index in [2.05, 4.69) is 60.4 Å². The molecule has 2 atom stereocenters. The molecule has 0 aliphatic carbocycles. The minimum Gasteiger partial charge on any atom is -0.356 e. The van der Waals surface area contributed by atoms with Crippen LogP contribution in [0.2, 0.25) is 0 Å². The maximum atomic E-state index is 13.0. The van der Waals surface area contributed by atoms with Crippen molar-refractivity contribution in [3.63, 3.8) is 0 Å². The van der Waals surface area contributed by atoms with Crippen LogP contribution in [-0.4, -0.2) is 28.6 Å². The third-order valence-electron chi connectivity index (χ3n) is 5.63. The summed E-state index contributed by atoms with van der Waals surface area (Å²) in [7, 11) is 0. The average molecular weight is 404 g/mol. The van der Waals surface area contributed by atoms with Crippen LogP contribution >= 0.6 is 0 Å². The number of aryl methyl sites for hydroxylation is 1. The van der Waals surface area contributed by atoms with Crippen molar-refractivity contribution in [2.45, 2.75) is 45.8 Å². The van der Waals surface area contributed by atoms with Crippen LogP contribution < -0.4 is 5.32 Å². The molecule has 1 N–H and O–H groups in total. The molecular formula is C25H29N3O2. The van der Waals surface area contributed by atoms with Crippen molar-refractivity contribution in [1.29, 1.82) is 0 Å². The summed E-state index contributed by atoms with van der Waals surface area (Å²) in [6.07, 6.45) is 0.815. The van der Waals surface area contributed by atoms with E-state index < -0.39 is 0 Å². The second-order valence-corrected chi connectivity index (χ2v) is 8.60. The lowest BCUT2D eigenvalue weighted by Crippen LogP contribution is -2.56. The van der Waals surface area contributed by atoms with Gasteiger partial charge in [0.15, 0.2) is 5.76 Å². The number of amides is 1. The maximum absolute atomic E-state index is 13.0. The number of rotatable bonds is 6. The van der Waals surface area contributed by atoms with Gasteiger partial charge in [0, 0.05) is 24.7 Å². The lowest BCUT2D eigenvalue weighted by atomic mass is 9.95. The maximum Gasteiger partial charge on any atom is 0.237 e. The fourth-order valence-electron chi connectivity index (χ4n) is 4.04. The van der Waals surface area contributed by atoms with Gasteiger partial charge in [0.25, 0.3) is 0 Å². The van der Waals surface area contributed by atoms with E-state index in [9.17, 15) is 4.79 Å². The third-order valence-corrected chi connectivity index (χ3v) is 5.63. The fraction of sp³-hybridized carbons (Fsp3) is 0.360. The van der Waals surface area contributed by atoms with Crippen LogP contribution in [0, 0.1) is 12.8 Å². The number of piperazine rings is 1. The first-order valence-electron chi connectivity index (χ1n) is 10.6. The molecule has 0 radical (unpaired) electrons. The lowest BCUT2D eigenvalue weighted by molar-refractivity contribution is -0.132. The summed E-state index contributed by atoms with van der Waals surface area (Å²) in [5.41, 5.74) is 4.19. The monoisotopic (exact) mass is 403 g/mol. The minimum absolute atomic E-state index is 0.0226. The quantitative estimate of drug-likeness (QED) is 0.646. The first-order chi connectivity index (χ1) is 14.5. The average Bonchev–Trinajstić information content (AvgIpc) is 3.20. The van der Waals surface area contributed by atoms with Crippen LogP contribution in [0.4, 0.5) is 0 Å². The second-order valence-electron chi connectivity index (χ2n) is 8.60. The number of carbonyl (C=O) groups is 1. The molecule has 4 rings (SSSR count). The summed E-state index contributed by atoms with van der Waals surface area (Å²) in [5.74, 6) is 1.27. The van der Waals surface area contributed by atoms with Crippen molar-refractivity contribution in [3.05, 3.63) is 77.5 Å². The number of hydrogen-bond acceptors (Lipinski definition) is 4. The predicted molar refractivity (Wildman–Crippen MR) is 118 cm³/mol. The van der Waals surface area contributed by atoms with E-state index in [-0.39, 0.29) is 18.0 Å². The van der Waals surface area contributed by atoms with E-state index >= 15 is 0 Å². The molecule has 1 aliphatic heterocycles. The Kier molecular flexibility index (Phi) is 6.00. The van der Waals surface area contributed by atoms with Gasteiger partial charge < -0.3 is 9.84 Å². The summed E-state index contributed by atoms with van der Waals surface area (Å²) >= 11 is 0. The van der Waals surface area contributed by atoms with Gasteiger partial charge in [0.2, 0.25) is 5.91 Å². The third kappa shape index (κ3) is 4.62. The number of carbonyl (C=O) groups excluding carboxylic acids is 1. The highest BCUT2D eigenvalue weighted by molar-refractivity contribution is 5.83. The van der Waals surface area contributed by atoms with Gasteiger partial charge in [-0.05, 0) is 24.8 Å². The molecule has 156 valence electrons. The van der Waals surface area contributed by atoms with Gasteiger partial charge in [-0.1, -0.05) is 79.2 Å². The molecule has 2 unspecified atom stereocenters. The smallest absolute Gasteiger partial charge is 0.237 e. The highest BCUT2D eigenvalue weighted by Gasteiger charge is 2.35. The van der Waals surface area contributed by atoms with Gasteiger partial charge in [0.1, 0.15) is 0 Å². The van der Waals surface area contributed by atoms with Gasteiger partial charge in [0.05, 0.1) is 17.8 Å². The van der Waals surface area contributed by atoms with Crippen LogP contribution in [-0.2, 0) is 11.3 Å². The summed E-state index contributed by atoms with van der Waals surface area (Å²) in [6, 6.07) is 20.2. The lowest BCUT2D eigenvalue weighted by Gasteiger charge is -2.40. The number of nitrogens with zero attached hydrogens (tertiary/aromatic N) is 2. The predicted octanol–water partition coefficient (Wildman–Crippen LogP) is 4.74. The molecule has 30 heavy (non-hydrogen) atoms. The molecule has 1 saturated heterocycles. The van der Waals surface area contributed by atoms with Gasteiger partial charge in [-0.15, -0.1) is 0 Å². The van der Waals surface area contributed by atoms with Crippen LogP contribution in [0.15, 0.2) is 65.2 Å².